The molecule has 0 saturated carbocycles. The second-order valence-electron chi connectivity index (χ2n) is 9.46. The minimum atomic E-state index is -0.665. The molecule has 0 fully saturated rings. The zero-order chi connectivity index (χ0) is 24.6. The highest BCUT2D eigenvalue weighted by Gasteiger charge is 2.31. The molecule has 3 aromatic carbocycles. The van der Waals surface area contributed by atoms with Gasteiger partial charge in [0.2, 0.25) is 0 Å². The number of allylic oxidation sites excluding steroid dienone is 5. The topological polar surface area (TPSA) is 29.1 Å². The van der Waals surface area contributed by atoms with Gasteiger partial charge >= 0.3 is 0 Å². The van der Waals surface area contributed by atoms with Gasteiger partial charge in [-0.2, -0.15) is 0 Å². The molecule has 3 aliphatic rings. The molecule has 178 valence electrons. The van der Waals surface area contributed by atoms with E-state index >= 15 is 0 Å². The highest BCUT2D eigenvalue weighted by atomic mass is 35.5. The number of fused-ring (bicyclic) bond motifs is 5. The molecular weight excluding hydrogens is 485 g/mol. The fourth-order valence-corrected chi connectivity index (χ4v) is 5.90. The Hall–Kier alpha value is -3.33. The maximum atomic E-state index is 13.9. The number of alkyl halides is 2. The normalized spacial score (nSPS) is 19.6. The maximum Gasteiger partial charge on any atom is 0.169 e. The largest absolute Gasteiger partial charge is 0.364 e. The molecule has 2 atom stereocenters. The monoisotopic (exact) mass is 509 g/mol. The summed E-state index contributed by atoms with van der Waals surface area (Å²) in [7, 11) is 0. The van der Waals surface area contributed by atoms with Crippen LogP contribution in [0, 0.1) is 5.92 Å². The molecule has 1 aliphatic heterocycles. The number of hydrogen-bond donors (Lipinski definition) is 1. The van der Waals surface area contributed by atoms with E-state index in [4.69, 9.17) is 23.2 Å². The number of carbonyl (C=O) groups excluding carboxylic acids is 1. The first kappa shape index (κ1) is 23.1. The van der Waals surface area contributed by atoms with Crippen molar-refractivity contribution in [3.05, 3.63) is 130 Å². The van der Waals surface area contributed by atoms with Crippen molar-refractivity contribution in [2.24, 2.45) is 5.92 Å². The molecule has 0 amide bonds. The van der Waals surface area contributed by atoms with E-state index in [0.29, 0.717) is 12.0 Å². The van der Waals surface area contributed by atoms with Gasteiger partial charge in [0.05, 0.1) is 0 Å². The number of rotatable bonds is 4. The number of ketones is 1. The highest BCUT2D eigenvalue weighted by Crippen LogP contribution is 2.35. The van der Waals surface area contributed by atoms with Crippen molar-refractivity contribution in [1.82, 2.24) is 5.32 Å². The van der Waals surface area contributed by atoms with Crippen molar-refractivity contribution in [1.29, 1.82) is 0 Å². The average molecular weight is 510 g/mol. The van der Waals surface area contributed by atoms with Gasteiger partial charge in [-0.3, -0.25) is 4.79 Å². The van der Waals surface area contributed by atoms with E-state index in [2.05, 4.69) is 59.9 Å². The smallest absolute Gasteiger partial charge is 0.169 e. The third-order valence-electron chi connectivity index (χ3n) is 7.37. The Balaban J connectivity index is 1.52. The molecule has 0 spiro atoms. The van der Waals surface area contributed by atoms with Crippen molar-refractivity contribution in [2.75, 3.05) is 0 Å². The second-order valence-corrected chi connectivity index (χ2v) is 10.6. The first-order valence-electron chi connectivity index (χ1n) is 12.3. The standard InChI is InChI=1S/C32H25Cl2NO/c33-32(34)22-9-6-8-21(17-22)31(36)23-18-28-26-13-12-20-7-3-4-10-24(20)25(26)14-15-27(28)29(19-23)30-11-2-1-5-16-35-30/h1-11,13-18,23,29,32,35H,12,19H2. The van der Waals surface area contributed by atoms with Gasteiger partial charge in [0.1, 0.15) is 4.84 Å². The van der Waals surface area contributed by atoms with Crippen LogP contribution in [0.3, 0.4) is 0 Å². The molecule has 1 N–H and O–H groups in total. The van der Waals surface area contributed by atoms with Crippen molar-refractivity contribution in [3.8, 4) is 11.1 Å². The summed E-state index contributed by atoms with van der Waals surface area (Å²) in [6, 6.07) is 20.5. The summed E-state index contributed by atoms with van der Waals surface area (Å²) in [5.74, 6) is -0.104. The van der Waals surface area contributed by atoms with Crippen LogP contribution in [-0.4, -0.2) is 5.78 Å². The average Bonchev–Trinajstić information content (AvgIpc) is 3.21. The molecule has 0 aromatic heterocycles. The predicted octanol–water partition coefficient (Wildman–Crippen LogP) is 6.49. The first-order chi connectivity index (χ1) is 17.6. The molecule has 36 heavy (non-hydrogen) atoms. The zero-order valence-corrected chi connectivity index (χ0v) is 21.1. The van der Waals surface area contributed by atoms with Crippen molar-refractivity contribution in [3.63, 3.8) is 0 Å². The van der Waals surface area contributed by atoms with Crippen LogP contribution in [0.15, 0.2) is 96.9 Å². The Kier molecular flexibility index (Phi) is 6.17. The summed E-state index contributed by atoms with van der Waals surface area (Å²) in [4.78, 5) is 13.2. The molecular formula is C32H25Cl2NO. The lowest BCUT2D eigenvalue weighted by atomic mass is 9.75. The Labute approximate surface area is 221 Å². The van der Waals surface area contributed by atoms with Crippen LogP contribution in [-0.2, 0) is 6.42 Å². The van der Waals surface area contributed by atoms with E-state index in [9.17, 15) is 4.79 Å². The SMILES string of the molecule is O=C(c1cccc(C(Cl)Cl)c1)C1C=c2c(ccc3c2=CCc2ccccc2-3)C(C2=CC=CC=CN2)C1. The van der Waals surface area contributed by atoms with Gasteiger partial charge in [0.25, 0.3) is 0 Å². The van der Waals surface area contributed by atoms with Gasteiger partial charge in [-0.25, -0.2) is 0 Å². The zero-order valence-electron chi connectivity index (χ0n) is 19.6. The van der Waals surface area contributed by atoms with E-state index in [0.717, 1.165) is 17.7 Å². The lowest BCUT2D eigenvalue weighted by Gasteiger charge is -2.30. The van der Waals surface area contributed by atoms with Crippen LogP contribution in [0.1, 0.15) is 44.2 Å². The van der Waals surface area contributed by atoms with Crippen molar-refractivity contribution < 1.29 is 4.79 Å². The Morgan fingerprint density at radius 2 is 1.81 bits per heavy atom. The molecule has 2 aliphatic carbocycles. The van der Waals surface area contributed by atoms with E-state index in [1.807, 2.05) is 48.7 Å². The third-order valence-corrected chi connectivity index (χ3v) is 7.87. The Morgan fingerprint density at radius 3 is 2.69 bits per heavy atom. The molecule has 0 radical (unpaired) electrons. The fraction of sp³-hybridized carbons (Fsp3) is 0.156. The summed E-state index contributed by atoms with van der Waals surface area (Å²) in [5, 5.41) is 5.85. The van der Waals surface area contributed by atoms with Gasteiger partial charge in [-0.15, -0.1) is 23.2 Å². The number of hydrogen-bond acceptors (Lipinski definition) is 2. The lowest BCUT2D eigenvalue weighted by molar-refractivity contribution is 0.0943. The molecule has 0 bridgehead atoms. The van der Waals surface area contributed by atoms with Crippen molar-refractivity contribution in [2.45, 2.75) is 23.6 Å². The van der Waals surface area contributed by atoms with E-state index in [1.54, 1.807) is 0 Å². The van der Waals surface area contributed by atoms with Crippen LogP contribution in [0.2, 0.25) is 0 Å². The van der Waals surface area contributed by atoms with Crippen LogP contribution in [0.5, 0.6) is 0 Å². The maximum absolute atomic E-state index is 13.9. The molecule has 3 aromatic rings. The van der Waals surface area contributed by atoms with Gasteiger partial charge in [-0.05, 0) is 69.3 Å². The summed E-state index contributed by atoms with van der Waals surface area (Å²) in [5.41, 5.74) is 7.57. The molecule has 4 heteroatoms. The summed E-state index contributed by atoms with van der Waals surface area (Å²) >= 11 is 12.2. The second kappa shape index (κ2) is 9.61. The predicted molar refractivity (Wildman–Crippen MR) is 149 cm³/mol. The summed E-state index contributed by atoms with van der Waals surface area (Å²) in [6.45, 7) is 0. The Morgan fingerprint density at radius 1 is 0.917 bits per heavy atom. The minimum Gasteiger partial charge on any atom is -0.364 e. The molecule has 2 nitrogen and oxygen atoms in total. The van der Waals surface area contributed by atoms with Crippen LogP contribution >= 0.6 is 23.2 Å². The first-order valence-corrected chi connectivity index (χ1v) is 13.1. The minimum absolute atomic E-state index is 0.0687. The van der Waals surface area contributed by atoms with Crippen molar-refractivity contribution >= 4 is 41.1 Å². The highest BCUT2D eigenvalue weighted by molar-refractivity contribution is 6.44. The van der Waals surface area contributed by atoms with Gasteiger partial charge < -0.3 is 5.32 Å². The number of nitrogens with one attached hydrogen (secondary N) is 1. The van der Waals surface area contributed by atoms with Gasteiger partial charge in [0.15, 0.2) is 5.78 Å². The van der Waals surface area contributed by atoms with Crippen LogP contribution in [0.4, 0.5) is 0 Å². The molecule has 2 unspecified atom stereocenters. The number of carbonyl (C=O) groups is 1. The molecule has 1 heterocycles. The van der Waals surface area contributed by atoms with Crippen LogP contribution in [0.25, 0.3) is 23.3 Å². The van der Waals surface area contributed by atoms with Gasteiger partial charge in [-0.1, -0.05) is 78.9 Å². The fourth-order valence-electron chi connectivity index (χ4n) is 5.63. The van der Waals surface area contributed by atoms with Crippen LogP contribution < -0.4 is 15.8 Å². The van der Waals surface area contributed by atoms with E-state index < -0.39 is 4.84 Å². The summed E-state index contributed by atoms with van der Waals surface area (Å²) in [6.07, 6.45) is 16.2. The summed E-state index contributed by atoms with van der Waals surface area (Å²) < 4.78 is 0. The number of Topliss-reactive ketones (excluding diaryl/α,β-unsaturated/α-hetero) is 1. The third kappa shape index (κ3) is 4.15. The number of benzene rings is 3. The Bertz CT molecular complexity index is 1580. The lowest BCUT2D eigenvalue weighted by Crippen LogP contribution is -2.39. The number of halogens is 2. The quantitative estimate of drug-likeness (QED) is 0.321. The van der Waals surface area contributed by atoms with E-state index in [-0.39, 0.29) is 17.6 Å². The molecule has 0 saturated heterocycles. The molecule has 6 rings (SSSR count). The van der Waals surface area contributed by atoms with Gasteiger partial charge in [0, 0.05) is 29.3 Å². The van der Waals surface area contributed by atoms with E-state index in [1.165, 1.54) is 32.7 Å².